The van der Waals surface area contributed by atoms with Gasteiger partial charge in [0.2, 0.25) is 11.8 Å². The average Bonchev–Trinajstić information content (AvgIpc) is 2.59. The molecule has 0 saturated heterocycles. The lowest BCUT2D eigenvalue weighted by Crippen LogP contribution is -2.32. The van der Waals surface area contributed by atoms with Crippen molar-refractivity contribution in [1.29, 1.82) is 0 Å². The van der Waals surface area contributed by atoms with Gasteiger partial charge in [0.15, 0.2) is 0 Å². The monoisotopic (exact) mass is 325 g/mol. The first-order valence-electron chi connectivity index (χ1n) is 7.86. The topological polar surface area (TPSA) is 75.4 Å². The Morgan fingerprint density at radius 2 is 1.75 bits per heavy atom. The first kappa shape index (κ1) is 17.7. The fourth-order valence-corrected chi connectivity index (χ4v) is 2.41. The molecule has 0 unspecified atom stereocenters. The van der Waals surface area contributed by atoms with Gasteiger partial charge in [-0.2, -0.15) is 0 Å². The maximum absolute atomic E-state index is 11.6. The van der Waals surface area contributed by atoms with Gasteiger partial charge in [-0.05, 0) is 28.3 Å². The van der Waals surface area contributed by atoms with E-state index in [1.165, 1.54) is 6.92 Å². The van der Waals surface area contributed by atoms with E-state index in [0.717, 1.165) is 22.3 Å². The first-order chi connectivity index (χ1) is 11.5. The van der Waals surface area contributed by atoms with Crippen LogP contribution in [0.1, 0.15) is 18.1 Å². The van der Waals surface area contributed by atoms with Gasteiger partial charge in [0.1, 0.15) is 0 Å². The van der Waals surface area contributed by atoms with Gasteiger partial charge in [0.25, 0.3) is 0 Å². The van der Waals surface area contributed by atoms with Crippen LogP contribution in [0.4, 0.5) is 0 Å². The summed E-state index contributed by atoms with van der Waals surface area (Å²) in [6.07, 6.45) is 0. The highest BCUT2D eigenvalue weighted by atomic mass is 16.2. The van der Waals surface area contributed by atoms with Gasteiger partial charge in [-0.1, -0.05) is 42.5 Å². The number of carbonyl (C=O) groups is 2. The standard InChI is InChI=1S/C19H23N3O2/c1-14(23)21-12-15-6-8-17(9-7-15)18-5-3-4-16(10-18)13-22(2)19(24)11-20/h3-10H,11-13,20H2,1-2H3,(H,21,23). The third-order valence-corrected chi connectivity index (χ3v) is 3.78. The Morgan fingerprint density at radius 1 is 1.04 bits per heavy atom. The molecule has 5 heteroatoms. The molecule has 0 bridgehead atoms. The summed E-state index contributed by atoms with van der Waals surface area (Å²) < 4.78 is 0. The molecule has 0 aliphatic carbocycles. The highest BCUT2D eigenvalue weighted by Crippen LogP contribution is 2.21. The van der Waals surface area contributed by atoms with Crippen LogP contribution in [0.2, 0.25) is 0 Å². The average molecular weight is 325 g/mol. The molecule has 0 aromatic heterocycles. The van der Waals surface area contributed by atoms with Crippen LogP contribution in [-0.4, -0.2) is 30.3 Å². The number of benzene rings is 2. The number of rotatable bonds is 6. The third kappa shape index (κ3) is 4.93. The summed E-state index contributed by atoms with van der Waals surface area (Å²) in [7, 11) is 1.75. The Balaban J connectivity index is 2.10. The summed E-state index contributed by atoms with van der Waals surface area (Å²) in [5, 5.41) is 2.78. The van der Waals surface area contributed by atoms with E-state index in [9.17, 15) is 9.59 Å². The maximum Gasteiger partial charge on any atom is 0.236 e. The van der Waals surface area contributed by atoms with Crippen LogP contribution in [0.3, 0.4) is 0 Å². The van der Waals surface area contributed by atoms with E-state index in [0.29, 0.717) is 13.1 Å². The third-order valence-electron chi connectivity index (χ3n) is 3.78. The second-order valence-corrected chi connectivity index (χ2v) is 5.76. The van der Waals surface area contributed by atoms with Crippen LogP contribution < -0.4 is 11.1 Å². The molecule has 0 aliphatic rings. The van der Waals surface area contributed by atoms with E-state index in [1.54, 1.807) is 11.9 Å². The van der Waals surface area contributed by atoms with Crippen LogP contribution in [-0.2, 0) is 22.7 Å². The molecule has 2 amide bonds. The molecule has 3 N–H and O–H groups in total. The van der Waals surface area contributed by atoms with Gasteiger partial charge in [-0.25, -0.2) is 0 Å². The number of hydrogen-bond acceptors (Lipinski definition) is 3. The number of nitrogens with one attached hydrogen (secondary N) is 1. The van der Waals surface area contributed by atoms with E-state index >= 15 is 0 Å². The molecule has 24 heavy (non-hydrogen) atoms. The van der Waals surface area contributed by atoms with Gasteiger partial charge < -0.3 is 16.0 Å². The van der Waals surface area contributed by atoms with Gasteiger partial charge in [0, 0.05) is 27.1 Å². The molecule has 126 valence electrons. The van der Waals surface area contributed by atoms with E-state index in [-0.39, 0.29) is 18.4 Å². The normalized spacial score (nSPS) is 10.3. The number of hydrogen-bond donors (Lipinski definition) is 2. The predicted molar refractivity (Wildman–Crippen MR) is 94.9 cm³/mol. The Bertz CT molecular complexity index is 711. The molecule has 0 radical (unpaired) electrons. The van der Waals surface area contributed by atoms with Gasteiger partial charge in [-0.3, -0.25) is 9.59 Å². The fraction of sp³-hybridized carbons (Fsp3) is 0.263. The van der Waals surface area contributed by atoms with E-state index in [2.05, 4.69) is 11.4 Å². The van der Waals surface area contributed by atoms with Crippen molar-refractivity contribution in [3.63, 3.8) is 0 Å². The van der Waals surface area contributed by atoms with E-state index < -0.39 is 0 Å². The fourth-order valence-electron chi connectivity index (χ4n) is 2.41. The SMILES string of the molecule is CC(=O)NCc1ccc(-c2cccc(CN(C)C(=O)CN)c2)cc1. The number of amides is 2. The van der Waals surface area contributed by atoms with Crippen molar-refractivity contribution < 1.29 is 9.59 Å². The minimum atomic E-state index is -0.0808. The van der Waals surface area contributed by atoms with Gasteiger partial charge in [-0.15, -0.1) is 0 Å². The summed E-state index contributed by atoms with van der Waals surface area (Å²) >= 11 is 0. The molecule has 0 atom stereocenters. The number of likely N-dealkylation sites (N-methyl/N-ethyl adjacent to an activating group) is 1. The predicted octanol–water partition coefficient (Wildman–Crippen LogP) is 1.91. The Hall–Kier alpha value is -2.66. The van der Waals surface area contributed by atoms with Crippen molar-refractivity contribution in [3.8, 4) is 11.1 Å². The molecular formula is C19H23N3O2. The molecule has 0 fully saturated rings. The van der Waals surface area contributed by atoms with Crippen molar-refractivity contribution in [2.75, 3.05) is 13.6 Å². The van der Waals surface area contributed by atoms with Crippen molar-refractivity contribution in [2.45, 2.75) is 20.0 Å². The summed E-state index contributed by atoms with van der Waals surface area (Å²) in [5.41, 5.74) is 9.68. The second-order valence-electron chi connectivity index (χ2n) is 5.76. The first-order valence-corrected chi connectivity index (χ1v) is 7.86. The molecule has 0 heterocycles. The maximum atomic E-state index is 11.6. The lowest BCUT2D eigenvalue weighted by molar-refractivity contribution is -0.128. The molecular weight excluding hydrogens is 302 g/mol. The van der Waals surface area contributed by atoms with Crippen molar-refractivity contribution >= 4 is 11.8 Å². The summed E-state index contributed by atoms with van der Waals surface area (Å²) in [6.45, 7) is 2.59. The second kappa shape index (κ2) is 8.26. The van der Waals surface area contributed by atoms with Crippen molar-refractivity contribution in [3.05, 3.63) is 59.7 Å². The van der Waals surface area contributed by atoms with E-state index in [1.807, 2.05) is 42.5 Å². The summed E-state index contributed by atoms with van der Waals surface area (Å²) in [5.74, 6) is -0.120. The zero-order valence-electron chi connectivity index (χ0n) is 14.1. The molecule has 0 saturated carbocycles. The minimum absolute atomic E-state index is 0.0198. The van der Waals surface area contributed by atoms with Crippen LogP contribution in [0.15, 0.2) is 48.5 Å². The minimum Gasteiger partial charge on any atom is -0.352 e. The zero-order chi connectivity index (χ0) is 17.5. The van der Waals surface area contributed by atoms with Gasteiger partial charge >= 0.3 is 0 Å². The van der Waals surface area contributed by atoms with Crippen molar-refractivity contribution in [1.82, 2.24) is 10.2 Å². The Labute approximate surface area is 142 Å². The highest BCUT2D eigenvalue weighted by molar-refractivity contribution is 5.77. The number of nitrogens with two attached hydrogens (primary N) is 1. The lowest BCUT2D eigenvalue weighted by Gasteiger charge is -2.16. The summed E-state index contributed by atoms with van der Waals surface area (Å²) in [4.78, 5) is 24.2. The number of nitrogens with zero attached hydrogens (tertiary/aromatic N) is 1. The number of carbonyl (C=O) groups excluding carboxylic acids is 2. The molecule has 0 spiro atoms. The van der Waals surface area contributed by atoms with Crippen LogP contribution in [0.25, 0.3) is 11.1 Å². The highest BCUT2D eigenvalue weighted by Gasteiger charge is 2.07. The van der Waals surface area contributed by atoms with Crippen LogP contribution in [0.5, 0.6) is 0 Å². The zero-order valence-corrected chi connectivity index (χ0v) is 14.1. The lowest BCUT2D eigenvalue weighted by atomic mass is 10.0. The molecule has 2 aromatic rings. The molecule has 2 aromatic carbocycles. The quantitative estimate of drug-likeness (QED) is 0.852. The largest absolute Gasteiger partial charge is 0.352 e. The van der Waals surface area contributed by atoms with Gasteiger partial charge in [0.05, 0.1) is 6.54 Å². The Kier molecular flexibility index (Phi) is 6.09. The molecule has 5 nitrogen and oxygen atoms in total. The van der Waals surface area contributed by atoms with Crippen LogP contribution in [0, 0.1) is 0 Å². The summed E-state index contributed by atoms with van der Waals surface area (Å²) in [6, 6.07) is 16.2. The smallest absolute Gasteiger partial charge is 0.236 e. The van der Waals surface area contributed by atoms with Crippen LogP contribution >= 0.6 is 0 Å². The Morgan fingerprint density at radius 3 is 2.38 bits per heavy atom. The molecule has 2 rings (SSSR count). The van der Waals surface area contributed by atoms with E-state index in [4.69, 9.17) is 5.73 Å². The van der Waals surface area contributed by atoms with Crippen molar-refractivity contribution in [2.24, 2.45) is 5.73 Å². The molecule has 0 aliphatic heterocycles.